The molecule has 2 fully saturated rings. The minimum absolute atomic E-state index is 0.324. The first-order valence-electron chi connectivity index (χ1n) is 8.42. The van der Waals surface area contributed by atoms with Crippen molar-refractivity contribution in [1.29, 1.82) is 0 Å². The highest BCUT2D eigenvalue weighted by Crippen LogP contribution is 2.47. The van der Waals surface area contributed by atoms with Crippen LogP contribution in [0.2, 0.25) is 0 Å². The largest absolute Gasteiger partial charge is 0.460 e. The Labute approximate surface area is 149 Å². The predicted octanol–water partition coefficient (Wildman–Crippen LogP) is 2.46. The molecule has 0 spiro atoms. The zero-order chi connectivity index (χ0) is 17.2. The predicted molar refractivity (Wildman–Crippen MR) is 95.4 cm³/mol. The first-order valence-corrected chi connectivity index (χ1v) is 9.30. The van der Waals surface area contributed by atoms with Crippen molar-refractivity contribution in [3.8, 4) is 0 Å². The van der Waals surface area contributed by atoms with Gasteiger partial charge in [0.15, 0.2) is 5.13 Å². The van der Waals surface area contributed by atoms with Gasteiger partial charge in [0.1, 0.15) is 17.2 Å². The Hall–Kier alpha value is -2.19. The van der Waals surface area contributed by atoms with Crippen LogP contribution in [0, 0.1) is 5.92 Å². The van der Waals surface area contributed by atoms with Crippen molar-refractivity contribution in [2.45, 2.75) is 19.3 Å². The maximum atomic E-state index is 12.1. The molecule has 2 atom stereocenters. The van der Waals surface area contributed by atoms with E-state index in [0.717, 1.165) is 24.0 Å². The SMILES string of the molecule is C[C@@H]1C[C@H]1c1ccc(/C=N\NC(=O)c2csc(N3CCOCC3)n2)o1. The number of rotatable bonds is 5. The Balaban J connectivity index is 1.32. The van der Waals surface area contributed by atoms with E-state index in [4.69, 9.17) is 9.15 Å². The summed E-state index contributed by atoms with van der Waals surface area (Å²) in [6, 6.07) is 3.85. The molecule has 0 radical (unpaired) electrons. The van der Waals surface area contributed by atoms with Crippen molar-refractivity contribution >= 4 is 28.6 Å². The maximum absolute atomic E-state index is 12.1. The number of anilines is 1. The van der Waals surface area contributed by atoms with E-state index in [1.54, 1.807) is 5.38 Å². The van der Waals surface area contributed by atoms with Crippen LogP contribution in [0.25, 0.3) is 0 Å². The Morgan fingerprint density at radius 1 is 1.44 bits per heavy atom. The van der Waals surface area contributed by atoms with Crippen LogP contribution in [0.3, 0.4) is 0 Å². The van der Waals surface area contributed by atoms with Crippen molar-refractivity contribution in [2.75, 3.05) is 31.2 Å². The summed E-state index contributed by atoms with van der Waals surface area (Å²) < 4.78 is 11.0. The molecule has 2 aliphatic rings. The van der Waals surface area contributed by atoms with Crippen molar-refractivity contribution < 1.29 is 13.9 Å². The Kier molecular flexibility index (Phi) is 4.54. The van der Waals surface area contributed by atoms with Gasteiger partial charge in [-0.05, 0) is 24.5 Å². The van der Waals surface area contributed by atoms with Crippen LogP contribution < -0.4 is 10.3 Å². The van der Waals surface area contributed by atoms with E-state index in [-0.39, 0.29) is 5.91 Å². The molecule has 1 amide bonds. The van der Waals surface area contributed by atoms with Crippen molar-refractivity contribution in [1.82, 2.24) is 10.4 Å². The van der Waals surface area contributed by atoms with Gasteiger partial charge in [-0.15, -0.1) is 11.3 Å². The summed E-state index contributed by atoms with van der Waals surface area (Å²) in [6.07, 6.45) is 2.69. The molecule has 1 saturated heterocycles. The van der Waals surface area contributed by atoms with E-state index in [9.17, 15) is 4.79 Å². The molecule has 1 aliphatic heterocycles. The standard InChI is InChI=1S/C17H20N4O3S/c1-11-8-13(11)15-3-2-12(24-15)9-18-20-16(22)14-10-25-17(19-14)21-4-6-23-7-5-21/h2-3,9-11,13H,4-8H2,1H3,(H,20,22)/b18-9-/t11-,13-/m1/s1. The number of ether oxygens (including phenoxy) is 1. The minimum Gasteiger partial charge on any atom is -0.460 e. The Morgan fingerprint density at radius 2 is 2.24 bits per heavy atom. The normalized spacial score (nSPS) is 23.2. The summed E-state index contributed by atoms with van der Waals surface area (Å²) in [7, 11) is 0. The van der Waals surface area contributed by atoms with E-state index >= 15 is 0 Å². The molecule has 2 aromatic heterocycles. The second-order valence-electron chi connectivity index (χ2n) is 6.37. The molecule has 132 valence electrons. The summed E-state index contributed by atoms with van der Waals surface area (Å²) in [5.41, 5.74) is 2.87. The van der Waals surface area contributed by atoms with Gasteiger partial charge in [-0.25, -0.2) is 10.4 Å². The number of hydrogen-bond donors (Lipinski definition) is 1. The topological polar surface area (TPSA) is 80.0 Å². The third-order valence-electron chi connectivity index (χ3n) is 4.49. The monoisotopic (exact) mass is 360 g/mol. The van der Waals surface area contributed by atoms with E-state index in [0.29, 0.717) is 36.5 Å². The lowest BCUT2D eigenvalue weighted by molar-refractivity contribution is 0.0951. The van der Waals surface area contributed by atoms with E-state index in [1.807, 2.05) is 12.1 Å². The Morgan fingerprint density at radius 3 is 3.00 bits per heavy atom. The van der Waals surface area contributed by atoms with Crippen LogP contribution >= 0.6 is 11.3 Å². The fourth-order valence-electron chi connectivity index (χ4n) is 2.84. The summed E-state index contributed by atoms with van der Waals surface area (Å²) in [6.45, 7) is 5.19. The summed E-state index contributed by atoms with van der Waals surface area (Å²) in [5.74, 6) is 2.54. The average molecular weight is 360 g/mol. The number of carbonyl (C=O) groups is 1. The van der Waals surface area contributed by atoms with Crippen LogP contribution in [-0.4, -0.2) is 43.4 Å². The molecule has 3 heterocycles. The number of amides is 1. The first-order chi connectivity index (χ1) is 12.2. The van der Waals surface area contributed by atoms with Crippen molar-refractivity contribution in [2.24, 2.45) is 11.0 Å². The van der Waals surface area contributed by atoms with Crippen LogP contribution in [0.15, 0.2) is 27.0 Å². The summed E-state index contributed by atoms with van der Waals surface area (Å²) in [4.78, 5) is 18.6. The van der Waals surface area contributed by atoms with Crippen molar-refractivity contribution in [3.05, 3.63) is 34.7 Å². The zero-order valence-electron chi connectivity index (χ0n) is 14.0. The molecule has 1 aliphatic carbocycles. The molecule has 0 bridgehead atoms. The Bertz CT molecular complexity index is 778. The number of hydrogen-bond acceptors (Lipinski definition) is 7. The smallest absolute Gasteiger partial charge is 0.290 e. The molecule has 7 nitrogen and oxygen atoms in total. The highest BCUT2D eigenvalue weighted by Gasteiger charge is 2.36. The number of aromatic nitrogens is 1. The van der Waals surface area contributed by atoms with Gasteiger partial charge < -0.3 is 14.1 Å². The molecular formula is C17H20N4O3S. The number of nitrogens with one attached hydrogen (secondary N) is 1. The third-order valence-corrected chi connectivity index (χ3v) is 5.39. The number of nitrogens with zero attached hydrogens (tertiary/aromatic N) is 3. The number of morpholine rings is 1. The van der Waals surface area contributed by atoms with Gasteiger partial charge in [0, 0.05) is 24.4 Å². The highest BCUT2D eigenvalue weighted by atomic mass is 32.1. The second kappa shape index (κ2) is 6.97. The quantitative estimate of drug-likeness (QED) is 0.654. The molecule has 1 saturated carbocycles. The summed E-state index contributed by atoms with van der Waals surface area (Å²) in [5, 5.41) is 6.55. The molecule has 8 heteroatoms. The molecular weight excluding hydrogens is 340 g/mol. The number of thiazole rings is 1. The molecule has 2 aromatic rings. The highest BCUT2D eigenvalue weighted by molar-refractivity contribution is 7.13. The first kappa shape index (κ1) is 16.3. The van der Waals surface area contributed by atoms with Crippen LogP contribution in [0.4, 0.5) is 5.13 Å². The van der Waals surface area contributed by atoms with Crippen molar-refractivity contribution in [3.63, 3.8) is 0 Å². The lowest BCUT2D eigenvalue weighted by Crippen LogP contribution is -2.36. The lowest BCUT2D eigenvalue weighted by atomic mass is 10.3. The fraction of sp³-hybridized carbons (Fsp3) is 0.471. The number of hydrazone groups is 1. The summed E-state index contributed by atoms with van der Waals surface area (Å²) >= 11 is 1.46. The molecule has 25 heavy (non-hydrogen) atoms. The van der Waals surface area contributed by atoms with Gasteiger partial charge in [-0.3, -0.25) is 4.79 Å². The van der Waals surface area contributed by atoms with E-state index in [1.165, 1.54) is 24.0 Å². The van der Waals surface area contributed by atoms with Gasteiger partial charge in [0.25, 0.3) is 5.91 Å². The van der Waals surface area contributed by atoms with Gasteiger partial charge in [0.05, 0.1) is 19.4 Å². The average Bonchev–Trinajstić information content (AvgIpc) is 3.07. The van der Waals surface area contributed by atoms with Crippen LogP contribution in [-0.2, 0) is 4.74 Å². The number of furan rings is 1. The molecule has 0 unspecified atom stereocenters. The molecule has 0 aromatic carbocycles. The second-order valence-corrected chi connectivity index (χ2v) is 7.21. The lowest BCUT2D eigenvalue weighted by Gasteiger charge is -2.25. The molecule has 4 rings (SSSR count). The van der Waals surface area contributed by atoms with Gasteiger partial charge in [0.2, 0.25) is 0 Å². The molecule has 1 N–H and O–H groups in total. The zero-order valence-corrected chi connectivity index (χ0v) is 14.8. The maximum Gasteiger partial charge on any atom is 0.290 e. The number of carbonyl (C=O) groups excluding carboxylic acids is 1. The van der Waals surface area contributed by atoms with Crippen LogP contribution in [0.5, 0.6) is 0 Å². The van der Waals surface area contributed by atoms with E-state index < -0.39 is 0 Å². The third kappa shape index (κ3) is 3.74. The van der Waals surface area contributed by atoms with Gasteiger partial charge >= 0.3 is 0 Å². The van der Waals surface area contributed by atoms with E-state index in [2.05, 4.69) is 27.3 Å². The minimum atomic E-state index is -0.324. The van der Waals surface area contributed by atoms with Gasteiger partial charge in [-0.2, -0.15) is 5.10 Å². The van der Waals surface area contributed by atoms with Gasteiger partial charge in [-0.1, -0.05) is 6.92 Å². The van der Waals surface area contributed by atoms with Crippen LogP contribution in [0.1, 0.15) is 41.3 Å². The fourth-order valence-corrected chi connectivity index (χ4v) is 3.70.